The van der Waals surface area contributed by atoms with Crippen molar-refractivity contribution in [2.75, 3.05) is 49.9 Å². The fourth-order valence-electron chi connectivity index (χ4n) is 15.5. The first-order valence-corrected chi connectivity index (χ1v) is 44.1. The Morgan fingerprint density at radius 2 is 0.831 bits per heavy atom. The Hall–Kier alpha value is -12.0. The Morgan fingerprint density at radius 3 is 1.18 bits per heavy atom. The van der Waals surface area contributed by atoms with E-state index >= 15 is 0 Å². The van der Waals surface area contributed by atoms with Gasteiger partial charge in [-0.3, -0.25) is 29.1 Å². The van der Waals surface area contributed by atoms with E-state index in [2.05, 4.69) is 82.3 Å². The molecular formula is C85H114Cl4N24O17. The normalized spacial score (nSPS) is 20.6. The largest absolute Gasteiger partial charge is 0.480 e. The van der Waals surface area contributed by atoms with Crippen molar-refractivity contribution in [1.29, 1.82) is 0 Å². The Labute approximate surface area is 771 Å². The van der Waals surface area contributed by atoms with Crippen LogP contribution in [0.4, 0.5) is 26.0 Å². The average Bonchev–Trinajstić information content (AvgIpc) is 1.48. The number of oxime groups is 2. The Kier molecular flexibility index (Phi) is 34.0. The van der Waals surface area contributed by atoms with Gasteiger partial charge in [-0.05, 0) is 237 Å². The number of halogens is 4. The SMILES string of the molecule is C/C(=N\O)NC(=O)[C@@H]1CCCN1C(=O)OC(C)(C)C.C/C(N)=N\O.CC(C)(C)OC(=O)N1CCC[C@H]1C(=O)O.CC1=C(C(=O)N2CCCC2c2nc(C)no2)C(c2ccc(Cl)c(Cl)c2)n2nccc2N1.CC1=C(C(=O)N2CCCC2c2nc(C)no2)C(c2ccc(Cl)c(Cl)c2)n2nccc2N1.Cc1noc([C@@H]2CCCN2)n1.Cc1noc([C@@H]2CCCN2C(=O)OC(C)(C)C)n1. The number of aromatic nitrogens is 12. The van der Waals surface area contributed by atoms with Crippen molar-refractivity contribution in [3.05, 3.63) is 162 Å². The number of allylic oxidation sites excluding steroid dienone is 2. The number of nitrogens with two attached hydrogens (primary N) is 1. The monoisotopic (exact) mass is 1880 g/mol. The zero-order chi connectivity index (χ0) is 95.0. The number of likely N-dealkylation sites (tertiary alicyclic amines) is 5. The van der Waals surface area contributed by atoms with Crippen LogP contribution in [0.25, 0.3) is 0 Å². The molecule has 8 atom stereocenters. The van der Waals surface area contributed by atoms with Crippen LogP contribution in [0.2, 0.25) is 20.1 Å². The number of carbonyl (C=O) groups excluding carboxylic acids is 6. The van der Waals surface area contributed by atoms with E-state index in [1.807, 2.05) is 75.6 Å². The smallest absolute Gasteiger partial charge is 0.411 e. The lowest BCUT2D eigenvalue weighted by molar-refractivity contribution is -0.142. The summed E-state index contributed by atoms with van der Waals surface area (Å²) in [5.41, 5.74) is 7.50. The number of fused-ring (bicyclic) bond motifs is 2. The minimum Gasteiger partial charge on any atom is -0.480 e. The van der Waals surface area contributed by atoms with E-state index in [9.17, 15) is 33.6 Å². The molecule has 2 aromatic carbocycles. The third-order valence-electron chi connectivity index (χ3n) is 21.1. The summed E-state index contributed by atoms with van der Waals surface area (Å²) in [6.07, 6.45) is 11.9. The van der Waals surface area contributed by atoms with Crippen LogP contribution in [0, 0.1) is 27.7 Å². The lowest BCUT2D eigenvalue weighted by atomic mass is 9.94. The van der Waals surface area contributed by atoms with E-state index < -0.39 is 59.1 Å². The summed E-state index contributed by atoms with van der Waals surface area (Å²) in [6, 6.07) is 12.0. The molecule has 704 valence electrons. The number of rotatable bonds is 10. The number of carboxylic acid groups (broad SMARTS) is 1. The molecule has 130 heavy (non-hydrogen) atoms. The lowest BCUT2D eigenvalue weighted by Crippen LogP contribution is -2.48. The van der Waals surface area contributed by atoms with Gasteiger partial charge in [-0.1, -0.05) is 89.5 Å². The zero-order valence-corrected chi connectivity index (χ0v) is 78.8. The van der Waals surface area contributed by atoms with Gasteiger partial charge in [0.2, 0.25) is 29.5 Å². The molecule has 0 aliphatic carbocycles. The van der Waals surface area contributed by atoms with E-state index in [0.29, 0.717) is 124 Å². The van der Waals surface area contributed by atoms with E-state index in [-0.39, 0.29) is 53.6 Å². The third kappa shape index (κ3) is 26.2. The topological polar surface area (TPSA) is 514 Å². The van der Waals surface area contributed by atoms with Crippen molar-refractivity contribution in [3.63, 3.8) is 0 Å². The second-order valence-corrected chi connectivity index (χ2v) is 36.4. The molecule has 0 saturated carbocycles. The summed E-state index contributed by atoms with van der Waals surface area (Å²) in [4.78, 5) is 111. The second kappa shape index (κ2) is 44.1. The molecule has 45 heteroatoms. The summed E-state index contributed by atoms with van der Waals surface area (Å²) in [5, 5.41) is 68.8. The fourth-order valence-corrected chi connectivity index (χ4v) is 16.1. The zero-order valence-electron chi connectivity index (χ0n) is 75.8. The highest BCUT2D eigenvalue weighted by Crippen LogP contribution is 2.45. The van der Waals surface area contributed by atoms with E-state index in [1.54, 1.807) is 113 Å². The summed E-state index contributed by atoms with van der Waals surface area (Å²) >= 11 is 24.9. The van der Waals surface area contributed by atoms with Crippen molar-refractivity contribution in [2.24, 2.45) is 16.0 Å². The Balaban J connectivity index is 0.000000166. The van der Waals surface area contributed by atoms with E-state index in [0.717, 1.165) is 104 Å². The molecule has 6 amide bonds. The van der Waals surface area contributed by atoms with Gasteiger partial charge in [-0.15, -0.1) is 0 Å². The highest BCUT2D eigenvalue weighted by molar-refractivity contribution is 6.42. The first kappa shape index (κ1) is 100. The van der Waals surface area contributed by atoms with Gasteiger partial charge in [0.15, 0.2) is 23.3 Å². The number of benzene rings is 2. The van der Waals surface area contributed by atoms with Gasteiger partial charge < -0.3 is 84.6 Å². The van der Waals surface area contributed by atoms with Gasteiger partial charge in [0.05, 0.1) is 49.7 Å². The molecule has 6 fully saturated rings. The first-order chi connectivity index (χ1) is 61.4. The number of ether oxygens (including phenoxy) is 3. The molecule has 8 aromatic rings. The number of amidine groups is 2. The molecular weight excluding hydrogens is 1770 g/mol. The molecule has 0 spiro atoms. The minimum atomic E-state index is -0.960. The summed E-state index contributed by atoms with van der Waals surface area (Å²) < 4.78 is 40.3. The van der Waals surface area contributed by atoms with Gasteiger partial charge in [-0.2, -0.15) is 30.1 Å². The minimum absolute atomic E-state index is 0.0967. The molecule has 8 aliphatic heterocycles. The van der Waals surface area contributed by atoms with E-state index in [1.165, 1.54) is 30.1 Å². The van der Waals surface area contributed by atoms with Crippen LogP contribution in [0.15, 0.2) is 112 Å². The van der Waals surface area contributed by atoms with Crippen LogP contribution in [0.3, 0.4) is 0 Å². The average molecular weight is 1890 g/mol. The predicted molar refractivity (Wildman–Crippen MR) is 476 cm³/mol. The van der Waals surface area contributed by atoms with Gasteiger partial charge in [0.1, 0.15) is 82.4 Å². The van der Waals surface area contributed by atoms with Crippen LogP contribution in [-0.2, 0) is 33.4 Å². The maximum Gasteiger partial charge on any atom is 0.411 e. The second-order valence-electron chi connectivity index (χ2n) is 34.7. The molecule has 4 unspecified atom stereocenters. The number of nitrogens with one attached hydrogen (secondary N) is 4. The molecule has 14 heterocycles. The number of hydrogen-bond donors (Lipinski definition) is 8. The number of carbonyl (C=O) groups is 7. The number of nitrogens with zero attached hydrogens (tertiary/aromatic N) is 19. The molecule has 6 aromatic heterocycles. The van der Waals surface area contributed by atoms with E-state index in [4.69, 9.17) is 100.0 Å². The molecule has 0 bridgehead atoms. The van der Waals surface area contributed by atoms with Crippen molar-refractivity contribution in [3.8, 4) is 0 Å². The number of aliphatic carboxylic acids is 1. The summed E-state index contributed by atoms with van der Waals surface area (Å²) in [6.45, 7) is 34.0. The highest BCUT2D eigenvalue weighted by Gasteiger charge is 2.45. The maximum absolute atomic E-state index is 13.9. The van der Waals surface area contributed by atoms with Crippen LogP contribution in [0.5, 0.6) is 0 Å². The van der Waals surface area contributed by atoms with Gasteiger partial charge in [0.25, 0.3) is 11.8 Å². The number of amides is 6. The number of aryl methyl sites for hydroxylation is 4. The van der Waals surface area contributed by atoms with Crippen LogP contribution >= 0.6 is 46.4 Å². The molecule has 0 radical (unpaired) electrons. The molecule has 9 N–H and O–H groups in total. The molecule has 6 saturated heterocycles. The first-order valence-electron chi connectivity index (χ1n) is 42.6. The molecule has 8 aliphatic rings. The van der Waals surface area contributed by atoms with Crippen LogP contribution in [0.1, 0.15) is 261 Å². The lowest BCUT2D eigenvalue weighted by Gasteiger charge is -2.33. The van der Waals surface area contributed by atoms with Crippen molar-refractivity contribution in [1.82, 2.24) is 95.3 Å². The molecule has 16 rings (SSSR count). The fraction of sp³-hybridized carbons (Fsp3) is 0.541. The van der Waals surface area contributed by atoms with Gasteiger partial charge in [-0.25, -0.2) is 28.5 Å². The van der Waals surface area contributed by atoms with Crippen LogP contribution in [-0.4, -0.2) is 222 Å². The standard InChI is InChI=1S/2C21H20Cl2N6O2.C12H21N3O4.C12H19N3O3.C10H17NO4.C7H11N3O.C2H6N2O/c2*1-11-18(21(30)28-9-3-4-16(28)20-26-12(2)27-31-20)19(29-17(25-11)7-8-24-29)13-5-6-14(22)15(23)10-13;1-8(14-18)13-10(16)9-6-5-7-15(9)11(17)19-12(2,3)4;1-8-13-10(18-14-8)9-6-5-7-15(9)11(16)17-12(2,3)4;1-10(2,3)15-9(14)11-6-4-5-7(11)8(12)13;1-5-9-7(11-10-5)6-3-2-4-8-6;1-2(3)4-5/h2*5-8,10,16,19,25H,3-4,9H2,1-2H3;9,18H,5-7H2,1-4H3,(H,13,14,16);9H,5-7H2,1-4H3;7H,4-6H2,1-3H3,(H,12,13);6,8H,2-4H2,1H3;5H,1H3,(H2,3,4)/t;;2*9-;7-;6-;/m..0000./s1. The Morgan fingerprint density at radius 1 is 0.477 bits per heavy atom. The highest BCUT2D eigenvalue weighted by atomic mass is 35.5. The third-order valence-corrected chi connectivity index (χ3v) is 22.5. The summed E-state index contributed by atoms with van der Waals surface area (Å²) in [7, 11) is 0. The van der Waals surface area contributed by atoms with Crippen LogP contribution < -0.4 is 27.0 Å². The predicted octanol–water partition coefficient (Wildman–Crippen LogP) is 14.9. The number of carboxylic acids is 1. The quantitative estimate of drug-likeness (QED) is 0.0207. The van der Waals surface area contributed by atoms with Crippen molar-refractivity contribution in [2.45, 2.75) is 260 Å². The number of hydrogen-bond acceptors (Lipinski definition) is 31. The Bertz CT molecular complexity index is 5230. The van der Waals surface area contributed by atoms with Gasteiger partial charge >= 0.3 is 24.2 Å². The van der Waals surface area contributed by atoms with Crippen molar-refractivity contribution < 1.29 is 81.4 Å². The molecule has 41 nitrogen and oxygen atoms in total. The maximum atomic E-state index is 13.9. The van der Waals surface area contributed by atoms with Gasteiger partial charge in [0, 0.05) is 56.3 Å². The van der Waals surface area contributed by atoms with Crippen molar-refractivity contribution >= 4 is 112 Å². The number of anilines is 2. The summed E-state index contributed by atoms with van der Waals surface area (Å²) in [5.74, 6) is 4.95.